The van der Waals surface area contributed by atoms with Crippen molar-refractivity contribution in [3.63, 3.8) is 0 Å². The van der Waals surface area contributed by atoms with Gasteiger partial charge in [0.15, 0.2) is 0 Å². The minimum absolute atomic E-state index is 0.0217. The number of carbonyl (C=O) groups is 1. The van der Waals surface area contributed by atoms with E-state index in [1.54, 1.807) is 0 Å². The van der Waals surface area contributed by atoms with Crippen molar-refractivity contribution in [2.24, 2.45) is 0 Å². The summed E-state index contributed by atoms with van der Waals surface area (Å²) in [4.78, 5) is 12.0. The van der Waals surface area contributed by atoms with Crippen LogP contribution in [0.2, 0.25) is 0 Å². The quantitative estimate of drug-likeness (QED) is 0.851. The van der Waals surface area contributed by atoms with Crippen molar-refractivity contribution < 1.29 is 9.53 Å². The second kappa shape index (κ2) is 8.23. The Morgan fingerprint density at radius 2 is 1.68 bits per heavy atom. The van der Waals surface area contributed by atoms with Gasteiger partial charge in [-0.3, -0.25) is 4.79 Å². The number of rotatable bonds is 7. The van der Waals surface area contributed by atoms with E-state index in [-0.39, 0.29) is 11.9 Å². The highest BCUT2D eigenvalue weighted by molar-refractivity contribution is 5.78. The van der Waals surface area contributed by atoms with Crippen molar-refractivity contribution in [2.75, 3.05) is 6.61 Å². The van der Waals surface area contributed by atoms with Gasteiger partial charge in [0.1, 0.15) is 12.4 Å². The van der Waals surface area contributed by atoms with Gasteiger partial charge in [-0.1, -0.05) is 49.4 Å². The Hall–Kier alpha value is -2.29. The Kier molecular flexibility index (Phi) is 6.01. The number of benzene rings is 2. The summed E-state index contributed by atoms with van der Waals surface area (Å²) in [6, 6.07) is 17.8. The lowest BCUT2D eigenvalue weighted by molar-refractivity contribution is -0.121. The maximum absolute atomic E-state index is 12.0. The van der Waals surface area contributed by atoms with E-state index in [2.05, 4.69) is 24.4 Å². The van der Waals surface area contributed by atoms with E-state index in [0.29, 0.717) is 13.0 Å². The highest BCUT2D eigenvalue weighted by Crippen LogP contribution is 2.09. The lowest BCUT2D eigenvalue weighted by Crippen LogP contribution is -2.37. The van der Waals surface area contributed by atoms with E-state index in [1.165, 1.54) is 5.56 Å². The molecule has 0 saturated heterocycles. The molecule has 2 aromatic carbocycles. The van der Waals surface area contributed by atoms with Crippen molar-refractivity contribution in [3.8, 4) is 5.75 Å². The van der Waals surface area contributed by atoms with Crippen LogP contribution in [0.3, 0.4) is 0 Å². The van der Waals surface area contributed by atoms with Crippen LogP contribution in [-0.4, -0.2) is 18.6 Å². The average Bonchev–Trinajstić information content (AvgIpc) is 2.54. The molecule has 0 aliphatic rings. The molecule has 0 spiro atoms. The van der Waals surface area contributed by atoms with Crippen LogP contribution in [0.5, 0.6) is 5.75 Å². The number of amides is 1. The number of aryl methyl sites for hydroxylation is 1. The average molecular weight is 297 g/mol. The van der Waals surface area contributed by atoms with Crippen LogP contribution in [0.25, 0.3) is 0 Å². The summed E-state index contributed by atoms with van der Waals surface area (Å²) in [6.07, 6.45) is 1.42. The fourth-order valence-corrected chi connectivity index (χ4v) is 2.18. The molecule has 0 aromatic heterocycles. The Bertz CT molecular complexity index is 578. The number of ether oxygens (including phenoxy) is 1. The first-order valence-electron chi connectivity index (χ1n) is 7.72. The smallest absolute Gasteiger partial charge is 0.224 e. The van der Waals surface area contributed by atoms with Gasteiger partial charge in [-0.2, -0.15) is 0 Å². The number of para-hydroxylation sites is 1. The summed E-state index contributed by atoms with van der Waals surface area (Å²) < 4.78 is 5.63. The standard InChI is InChI=1S/C19H23NO2/c1-3-16-9-11-17(12-10-16)13-19(21)20-15(2)14-22-18-7-5-4-6-8-18/h4-12,15H,3,13-14H2,1-2H3,(H,20,21). The molecule has 1 N–H and O–H groups in total. The monoisotopic (exact) mass is 297 g/mol. The molecule has 0 fully saturated rings. The lowest BCUT2D eigenvalue weighted by atomic mass is 10.1. The predicted octanol–water partition coefficient (Wildman–Crippen LogP) is 3.38. The fraction of sp³-hybridized carbons (Fsp3) is 0.316. The summed E-state index contributed by atoms with van der Waals surface area (Å²) in [6.45, 7) is 4.53. The van der Waals surface area contributed by atoms with Crippen molar-refractivity contribution >= 4 is 5.91 Å². The highest BCUT2D eigenvalue weighted by Gasteiger charge is 2.09. The van der Waals surface area contributed by atoms with Crippen LogP contribution in [0.1, 0.15) is 25.0 Å². The number of carbonyl (C=O) groups excluding carboxylic acids is 1. The Balaban J connectivity index is 1.75. The molecule has 0 saturated carbocycles. The van der Waals surface area contributed by atoms with Gasteiger partial charge in [0, 0.05) is 0 Å². The van der Waals surface area contributed by atoms with Gasteiger partial charge in [-0.25, -0.2) is 0 Å². The fourth-order valence-electron chi connectivity index (χ4n) is 2.18. The predicted molar refractivity (Wildman–Crippen MR) is 89.1 cm³/mol. The minimum atomic E-state index is -0.0254. The molecule has 2 aromatic rings. The van der Waals surface area contributed by atoms with Crippen LogP contribution < -0.4 is 10.1 Å². The maximum Gasteiger partial charge on any atom is 0.224 e. The van der Waals surface area contributed by atoms with Gasteiger partial charge < -0.3 is 10.1 Å². The first kappa shape index (κ1) is 16.1. The van der Waals surface area contributed by atoms with E-state index in [1.807, 2.05) is 49.4 Å². The third kappa shape index (κ3) is 5.24. The van der Waals surface area contributed by atoms with Crippen molar-refractivity contribution in [1.82, 2.24) is 5.32 Å². The van der Waals surface area contributed by atoms with Gasteiger partial charge in [0.25, 0.3) is 0 Å². The summed E-state index contributed by atoms with van der Waals surface area (Å²) in [5.41, 5.74) is 2.32. The molecule has 0 heterocycles. The first-order chi connectivity index (χ1) is 10.7. The molecular formula is C19H23NO2. The third-order valence-corrected chi connectivity index (χ3v) is 3.45. The maximum atomic E-state index is 12.0. The first-order valence-corrected chi connectivity index (χ1v) is 7.72. The zero-order valence-electron chi connectivity index (χ0n) is 13.2. The van der Waals surface area contributed by atoms with Crippen molar-refractivity contribution in [1.29, 1.82) is 0 Å². The molecular weight excluding hydrogens is 274 g/mol. The molecule has 3 heteroatoms. The molecule has 0 aliphatic heterocycles. The van der Waals surface area contributed by atoms with Crippen LogP contribution in [0, 0.1) is 0 Å². The zero-order valence-corrected chi connectivity index (χ0v) is 13.2. The largest absolute Gasteiger partial charge is 0.491 e. The molecule has 22 heavy (non-hydrogen) atoms. The number of hydrogen-bond acceptors (Lipinski definition) is 2. The summed E-state index contributed by atoms with van der Waals surface area (Å²) >= 11 is 0. The number of hydrogen-bond donors (Lipinski definition) is 1. The molecule has 1 unspecified atom stereocenters. The summed E-state index contributed by atoms with van der Waals surface area (Å²) in [5.74, 6) is 0.840. The molecule has 116 valence electrons. The Morgan fingerprint density at radius 3 is 2.32 bits per heavy atom. The third-order valence-electron chi connectivity index (χ3n) is 3.45. The van der Waals surface area contributed by atoms with Gasteiger partial charge in [0.2, 0.25) is 5.91 Å². The van der Waals surface area contributed by atoms with Gasteiger partial charge in [0.05, 0.1) is 12.5 Å². The van der Waals surface area contributed by atoms with E-state index in [0.717, 1.165) is 17.7 Å². The van der Waals surface area contributed by atoms with E-state index < -0.39 is 0 Å². The van der Waals surface area contributed by atoms with Crippen LogP contribution >= 0.6 is 0 Å². The van der Waals surface area contributed by atoms with E-state index >= 15 is 0 Å². The van der Waals surface area contributed by atoms with E-state index in [9.17, 15) is 4.79 Å². The minimum Gasteiger partial charge on any atom is -0.491 e. The molecule has 0 radical (unpaired) electrons. The van der Waals surface area contributed by atoms with Crippen molar-refractivity contribution in [3.05, 3.63) is 65.7 Å². The Morgan fingerprint density at radius 1 is 1.05 bits per heavy atom. The Labute approximate surface area is 132 Å². The zero-order chi connectivity index (χ0) is 15.8. The van der Waals surface area contributed by atoms with E-state index in [4.69, 9.17) is 4.74 Å². The van der Waals surface area contributed by atoms with Crippen LogP contribution in [0.15, 0.2) is 54.6 Å². The summed E-state index contributed by atoms with van der Waals surface area (Å²) in [5, 5.41) is 2.96. The normalized spacial score (nSPS) is 11.7. The molecule has 1 atom stereocenters. The van der Waals surface area contributed by atoms with Crippen molar-refractivity contribution in [2.45, 2.75) is 32.7 Å². The highest BCUT2D eigenvalue weighted by atomic mass is 16.5. The van der Waals surface area contributed by atoms with Crippen LogP contribution in [-0.2, 0) is 17.6 Å². The molecule has 1 amide bonds. The SMILES string of the molecule is CCc1ccc(CC(=O)NC(C)COc2ccccc2)cc1. The van der Waals surface area contributed by atoms with Gasteiger partial charge in [-0.15, -0.1) is 0 Å². The second-order valence-corrected chi connectivity index (χ2v) is 5.44. The molecule has 2 rings (SSSR count). The molecule has 0 bridgehead atoms. The van der Waals surface area contributed by atoms with Gasteiger partial charge in [-0.05, 0) is 36.6 Å². The summed E-state index contributed by atoms with van der Waals surface area (Å²) in [7, 11) is 0. The van der Waals surface area contributed by atoms with Gasteiger partial charge >= 0.3 is 0 Å². The second-order valence-electron chi connectivity index (χ2n) is 5.44. The lowest BCUT2D eigenvalue weighted by Gasteiger charge is -2.15. The molecule has 0 aliphatic carbocycles. The number of nitrogens with one attached hydrogen (secondary N) is 1. The van der Waals surface area contributed by atoms with Crippen LogP contribution in [0.4, 0.5) is 0 Å². The topological polar surface area (TPSA) is 38.3 Å². The molecule has 3 nitrogen and oxygen atoms in total.